The summed E-state index contributed by atoms with van der Waals surface area (Å²) in [5.74, 6) is 1.85. The normalized spacial score (nSPS) is 43.2. The molecule has 102 valence electrons. The monoisotopic (exact) mass is 268 g/mol. The van der Waals surface area contributed by atoms with Gasteiger partial charge in [-0.3, -0.25) is 0 Å². The Morgan fingerprint density at radius 1 is 1.17 bits per heavy atom. The minimum atomic E-state index is 0.286. The van der Waals surface area contributed by atoms with Crippen molar-refractivity contribution < 1.29 is 4.74 Å². The molecule has 4 heteroatoms. The van der Waals surface area contributed by atoms with Crippen molar-refractivity contribution in [3.05, 3.63) is 0 Å². The van der Waals surface area contributed by atoms with Crippen LogP contribution in [0.25, 0.3) is 0 Å². The molecule has 0 amide bonds. The van der Waals surface area contributed by atoms with Gasteiger partial charge in [0.15, 0.2) is 5.11 Å². The molecule has 2 bridgehead atoms. The van der Waals surface area contributed by atoms with Gasteiger partial charge in [-0.1, -0.05) is 6.42 Å². The lowest BCUT2D eigenvalue weighted by molar-refractivity contribution is -0.0484. The molecule has 2 aliphatic carbocycles. The fourth-order valence-corrected chi connectivity index (χ4v) is 4.32. The minimum Gasteiger partial charge on any atom is -0.372 e. The summed E-state index contributed by atoms with van der Waals surface area (Å²) < 4.78 is 5.76. The topological polar surface area (TPSA) is 24.5 Å². The average Bonchev–Trinajstić information content (AvgIpc) is 2.89. The Labute approximate surface area is 115 Å². The minimum absolute atomic E-state index is 0.286. The largest absolute Gasteiger partial charge is 0.372 e. The summed E-state index contributed by atoms with van der Waals surface area (Å²) in [5, 5.41) is 4.58. The molecule has 1 saturated heterocycles. The molecule has 3 nitrogen and oxygen atoms in total. The highest BCUT2D eigenvalue weighted by atomic mass is 32.1. The Kier molecular flexibility index (Phi) is 3.50. The van der Waals surface area contributed by atoms with Crippen LogP contribution >= 0.6 is 12.2 Å². The van der Waals surface area contributed by atoms with Gasteiger partial charge in [-0.25, -0.2) is 0 Å². The van der Waals surface area contributed by atoms with E-state index in [0.29, 0.717) is 6.04 Å². The van der Waals surface area contributed by atoms with Gasteiger partial charge < -0.3 is 15.0 Å². The molecule has 5 atom stereocenters. The second kappa shape index (κ2) is 4.97. The summed E-state index contributed by atoms with van der Waals surface area (Å²) in [5.41, 5.74) is 0. The standard InChI is InChI=1S/C14H24N2OS/c1-9-7-16(8-10(2)17-9)14(18)15-13-6-11-3-4-12(13)5-11/h9-13H,3-8H2,1-2H3,(H,15,18). The SMILES string of the molecule is CC1CN(C(=S)NC2CC3CCC2C3)CC(C)O1. The molecule has 0 aromatic carbocycles. The van der Waals surface area contributed by atoms with Crippen molar-refractivity contribution in [1.29, 1.82) is 0 Å². The third-order valence-corrected chi connectivity index (χ3v) is 5.13. The quantitative estimate of drug-likeness (QED) is 0.737. The lowest BCUT2D eigenvalue weighted by Crippen LogP contribution is -2.54. The smallest absolute Gasteiger partial charge is 0.169 e. The van der Waals surface area contributed by atoms with Crippen molar-refractivity contribution in [1.82, 2.24) is 10.2 Å². The van der Waals surface area contributed by atoms with Crippen LogP contribution in [-0.4, -0.2) is 41.4 Å². The maximum Gasteiger partial charge on any atom is 0.169 e. The highest BCUT2D eigenvalue weighted by molar-refractivity contribution is 7.80. The Morgan fingerprint density at radius 2 is 1.89 bits per heavy atom. The van der Waals surface area contributed by atoms with E-state index in [1.54, 1.807) is 0 Å². The number of hydrogen-bond donors (Lipinski definition) is 1. The number of fused-ring (bicyclic) bond motifs is 2. The molecule has 3 aliphatic rings. The lowest BCUT2D eigenvalue weighted by atomic mass is 9.95. The van der Waals surface area contributed by atoms with Gasteiger partial charge in [0.05, 0.1) is 12.2 Å². The lowest BCUT2D eigenvalue weighted by Gasteiger charge is -2.38. The molecule has 0 aromatic heterocycles. The van der Waals surface area contributed by atoms with E-state index < -0.39 is 0 Å². The molecule has 2 saturated carbocycles. The van der Waals surface area contributed by atoms with Gasteiger partial charge in [0.1, 0.15) is 0 Å². The number of hydrogen-bond acceptors (Lipinski definition) is 2. The Morgan fingerprint density at radius 3 is 2.44 bits per heavy atom. The molecule has 18 heavy (non-hydrogen) atoms. The van der Waals surface area contributed by atoms with E-state index in [0.717, 1.165) is 30.0 Å². The first kappa shape index (κ1) is 12.7. The maximum absolute atomic E-state index is 5.76. The van der Waals surface area contributed by atoms with E-state index in [2.05, 4.69) is 24.1 Å². The van der Waals surface area contributed by atoms with Gasteiger partial charge in [-0.2, -0.15) is 0 Å². The molecular formula is C14H24N2OS. The Bertz CT molecular complexity index is 326. The first-order valence-corrected chi connectivity index (χ1v) is 7.73. The van der Waals surface area contributed by atoms with E-state index in [9.17, 15) is 0 Å². The molecule has 5 unspecified atom stereocenters. The summed E-state index contributed by atoms with van der Waals surface area (Å²) in [6.45, 7) is 6.11. The summed E-state index contributed by atoms with van der Waals surface area (Å²) in [6.07, 6.45) is 6.18. The zero-order valence-corrected chi connectivity index (χ0v) is 12.2. The number of morpholine rings is 1. The number of ether oxygens (including phenoxy) is 1. The number of nitrogens with zero attached hydrogens (tertiary/aromatic N) is 1. The van der Waals surface area contributed by atoms with Crippen LogP contribution in [0.15, 0.2) is 0 Å². The number of nitrogens with one attached hydrogen (secondary N) is 1. The van der Waals surface area contributed by atoms with Crippen molar-refractivity contribution in [2.24, 2.45) is 11.8 Å². The molecular weight excluding hydrogens is 244 g/mol. The van der Waals surface area contributed by atoms with Crippen molar-refractivity contribution in [2.45, 2.75) is 57.8 Å². The molecule has 1 N–H and O–H groups in total. The van der Waals surface area contributed by atoms with Gasteiger partial charge in [0, 0.05) is 19.1 Å². The summed E-state index contributed by atoms with van der Waals surface area (Å²) >= 11 is 5.59. The van der Waals surface area contributed by atoms with Crippen LogP contribution in [0.3, 0.4) is 0 Å². The van der Waals surface area contributed by atoms with Gasteiger partial charge in [0.2, 0.25) is 0 Å². The molecule has 1 heterocycles. The van der Waals surface area contributed by atoms with Gasteiger partial charge in [-0.15, -0.1) is 0 Å². The van der Waals surface area contributed by atoms with Crippen molar-refractivity contribution >= 4 is 17.3 Å². The van der Waals surface area contributed by atoms with Crippen molar-refractivity contribution in [3.63, 3.8) is 0 Å². The second-order valence-corrected chi connectivity index (χ2v) is 6.78. The van der Waals surface area contributed by atoms with E-state index in [4.69, 9.17) is 17.0 Å². The Balaban J connectivity index is 1.55. The average molecular weight is 268 g/mol. The van der Waals surface area contributed by atoms with Crippen LogP contribution in [0.1, 0.15) is 39.5 Å². The van der Waals surface area contributed by atoms with Crippen LogP contribution in [0.4, 0.5) is 0 Å². The molecule has 0 spiro atoms. The second-order valence-electron chi connectivity index (χ2n) is 6.39. The molecule has 0 aromatic rings. The molecule has 3 fully saturated rings. The van der Waals surface area contributed by atoms with Crippen LogP contribution in [0, 0.1) is 11.8 Å². The molecule has 3 rings (SSSR count). The predicted molar refractivity (Wildman–Crippen MR) is 76.6 cm³/mol. The summed E-state index contributed by atoms with van der Waals surface area (Å²) in [4.78, 5) is 2.29. The first-order valence-electron chi connectivity index (χ1n) is 7.32. The van der Waals surface area contributed by atoms with E-state index in [1.165, 1.54) is 25.7 Å². The number of thiocarbonyl (C=S) groups is 1. The van der Waals surface area contributed by atoms with Gasteiger partial charge in [0.25, 0.3) is 0 Å². The van der Waals surface area contributed by atoms with Crippen molar-refractivity contribution in [2.75, 3.05) is 13.1 Å². The van der Waals surface area contributed by atoms with Crippen molar-refractivity contribution in [3.8, 4) is 0 Å². The third-order valence-electron chi connectivity index (χ3n) is 4.75. The first-order chi connectivity index (χ1) is 8.61. The fourth-order valence-electron chi connectivity index (χ4n) is 4.02. The summed E-state index contributed by atoms with van der Waals surface area (Å²) in [7, 11) is 0. The van der Waals surface area contributed by atoms with Crippen LogP contribution in [0.5, 0.6) is 0 Å². The van der Waals surface area contributed by atoms with E-state index in [1.807, 2.05) is 0 Å². The number of rotatable bonds is 1. The zero-order valence-electron chi connectivity index (χ0n) is 11.4. The highest BCUT2D eigenvalue weighted by Gasteiger charge is 2.40. The van der Waals surface area contributed by atoms with Gasteiger partial charge in [-0.05, 0) is 57.2 Å². The molecule has 1 aliphatic heterocycles. The summed E-state index contributed by atoms with van der Waals surface area (Å²) in [6, 6.07) is 0.643. The zero-order chi connectivity index (χ0) is 12.7. The fraction of sp³-hybridized carbons (Fsp3) is 0.929. The van der Waals surface area contributed by atoms with Gasteiger partial charge >= 0.3 is 0 Å². The highest BCUT2D eigenvalue weighted by Crippen LogP contribution is 2.44. The van der Waals surface area contributed by atoms with Crippen LogP contribution in [0.2, 0.25) is 0 Å². The maximum atomic E-state index is 5.76. The predicted octanol–water partition coefficient (Wildman–Crippen LogP) is 2.16. The Hall–Kier alpha value is -0.350. The van der Waals surface area contributed by atoms with E-state index >= 15 is 0 Å². The van der Waals surface area contributed by atoms with Crippen LogP contribution in [-0.2, 0) is 4.74 Å². The van der Waals surface area contributed by atoms with Crippen LogP contribution < -0.4 is 5.32 Å². The third kappa shape index (κ3) is 2.50. The molecule has 0 radical (unpaired) electrons. The van der Waals surface area contributed by atoms with E-state index in [-0.39, 0.29) is 12.2 Å².